The summed E-state index contributed by atoms with van der Waals surface area (Å²) in [7, 11) is 1.50. The molecule has 0 saturated carbocycles. The molecular weight excluding hydrogens is 418 g/mol. The molecule has 9 heteroatoms. The molecule has 0 heterocycles. The number of benzene rings is 2. The summed E-state index contributed by atoms with van der Waals surface area (Å²) >= 11 is 5.14. The third-order valence-electron chi connectivity index (χ3n) is 4.13. The zero-order valence-electron chi connectivity index (χ0n) is 17.4. The second-order valence-corrected chi connectivity index (χ2v) is 6.97. The number of nitrogens with one attached hydrogen (secondary N) is 3. The molecule has 164 valence electrons. The van der Waals surface area contributed by atoms with Crippen LogP contribution < -0.4 is 16.0 Å². The van der Waals surface area contributed by atoms with E-state index in [9.17, 15) is 14.4 Å². The molecule has 2 rings (SSSR count). The monoisotopic (exact) mass is 443 g/mol. The number of aryl methyl sites for hydroxylation is 1. The van der Waals surface area contributed by atoms with E-state index in [4.69, 9.17) is 21.7 Å². The first kappa shape index (κ1) is 24.0. The normalized spacial score (nSPS) is 10.1. The Hall–Kier alpha value is -3.30. The van der Waals surface area contributed by atoms with Crippen LogP contribution in [0.4, 0.5) is 11.4 Å². The molecule has 2 aromatic rings. The molecule has 8 nitrogen and oxygen atoms in total. The number of rotatable bonds is 9. The van der Waals surface area contributed by atoms with E-state index in [1.807, 2.05) is 13.0 Å². The smallest absolute Gasteiger partial charge is 0.306 e. The topological polar surface area (TPSA) is 106 Å². The van der Waals surface area contributed by atoms with Gasteiger partial charge in [-0.05, 0) is 55.0 Å². The van der Waals surface area contributed by atoms with Gasteiger partial charge in [0.05, 0.1) is 13.0 Å². The Balaban J connectivity index is 1.81. The van der Waals surface area contributed by atoms with Crippen molar-refractivity contribution in [3.05, 3.63) is 59.7 Å². The van der Waals surface area contributed by atoms with Gasteiger partial charge in [-0.2, -0.15) is 0 Å². The zero-order chi connectivity index (χ0) is 22.6. The predicted molar refractivity (Wildman–Crippen MR) is 122 cm³/mol. The highest BCUT2D eigenvalue weighted by Gasteiger charge is 2.11. The molecule has 0 aliphatic rings. The number of ether oxygens (including phenoxy) is 2. The van der Waals surface area contributed by atoms with Crippen LogP contribution in [-0.2, 0) is 19.1 Å². The molecule has 0 saturated heterocycles. The van der Waals surface area contributed by atoms with E-state index < -0.39 is 11.9 Å². The third-order valence-corrected chi connectivity index (χ3v) is 4.33. The van der Waals surface area contributed by atoms with Gasteiger partial charge in [0.25, 0.3) is 5.91 Å². The largest absolute Gasteiger partial charge is 0.463 e. The van der Waals surface area contributed by atoms with Crippen LogP contribution in [0.3, 0.4) is 0 Å². The van der Waals surface area contributed by atoms with E-state index >= 15 is 0 Å². The third kappa shape index (κ3) is 8.53. The van der Waals surface area contributed by atoms with Gasteiger partial charge in [0.2, 0.25) is 5.91 Å². The lowest BCUT2D eigenvalue weighted by atomic mass is 10.1. The molecule has 31 heavy (non-hydrogen) atoms. The Bertz CT molecular complexity index is 934. The van der Waals surface area contributed by atoms with Crippen molar-refractivity contribution in [2.75, 3.05) is 31.0 Å². The van der Waals surface area contributed by atoms with Crippen LogP contribution >= 0.6 is 12.2 Å². The number of amides is 2. The number of anilines is 2. The Morgan fingerprint density at radius 3 is 2.39 bits per heavy atom. The highest BCUT2D eigenvalue weighted by molar-refractivity contribution is 7.80. The van der Waals surface area contributed by atoms with Gasteiger partial charge in [0, 0.05) is 30.5 Å². The summed E-state index contributed by atoms with van der Waals surface area (Å²) in [5, 5.41) is 8.40. The Kier molecular flexibility index (Phi) is 9.60. The summed E-state index contributed by atoms with van der Waals surface area (Å²) in [5.74, 6) is -1.08. The minimum absolute atomic E-state index is 0.0445. The first-order valence-corrected chi connectivity index (χ1v) is 10.0. The average Bonchev–Trinajstić information content (AvgIpc) is 2.75. The van der Waals surface area contributed by atoms with Crippen LogP contribution in [0.5, 0.6) is 0 Å². The standard InChI is InChI=1S/C22H25N3O5S/c1-15-14-17(8-9-18(15)24-21(28)16-6-4-3-5-7-16)23-22(31)25-19(26)10-11-20(27)30-13-12-29-2/h3-9,14H,10-13H2,1-2H3,(H,24,28)(H2,23,25,26,31). The molecule has 2 aromatic carbocycles. The van der Waals surface area contributed by atoms with Gasteiger partial charge in [0.15, 0.2) is 5.11 Å². The second-order valence-electron chi connectivity index (χ2n) is 6.57. The molecule has 0 atom stereocenters. The Labute approximate surface area is 186 Å². The van der Waals surface area contributed by atoms with E-state index in [1.165, 1.54) is 7.11 Å². The summed E-state index contributed by atoms with van der Waals surface area (Å²) in [6.45, 7) is 2.31. The molecule has 0 unspecified atom stereocenters. The maximum atomic E-state index is 12.3. The van der Waals surface area contributed by atoms with Gasteiger partial charge in [-0.25, -0.2) is 0 Å². The molecule has 0 aliphatic carbocycles. The molecule has 0 fully saturated rings. The number of methoxy groups -OCH3 is 1. The Morgan fingerprint density at radius 2 is 1.71 bits per heavy atom. The van der Waals surface area contributed by atoms with Gasteiger partial charge in [-0.1, -0.05) is 18.2 Å². The molecular formula is C22H25N3O5S. The lowest BCUT2D eigenvalue weighted by Gasteiger charge is -2.13. The van der Waals surface area contributed by atoms with Gasteiger partial charge in [-0.15, -0.1) is 0 Å². The predicted octanol–water partition coefficient (Wildman–Crippen LogP) is 3.03. The highest BCUT2D eigenvalue weighted by Crippen LogP contribution is 2.20. The van der Waals surface area contributed by atoms with Crippen LogP contribution in [0.15, 0.2) is 48.5 Å². The summed E-state index contributed by atoms with van der Waals surface area (Å²) < 4.78 is 9.67. The van der Waals surface area contributed by atoms with Gasteiger partial charge < -0.3 is 25.4 Å². The number of carbonyl (C=O) groups is 3. The minimum Gasteiger partial charge on any atom is -0.463 e. The van der Waals surface area contributed by atoms with Crippen molar-refractivity contribution in [1.82, 2.24) is 5.32 Å². The van der Waals surface area contributed by atoms with Gasteiger partial charge in [0.1, 0.15) is 6.61 Å². The van der Waals surface area contributed by atoms with Crippen molar-refractivity contribution in [3.63, 3.8) is 0 Å². The van der Waals surface area contributed by atoms with Crippen molar-refractivity contribution >= 4 is 46.5 Å². The lowest BCUT2D eigenvalue weighted by Crippen LogP contribution is -2.34. The minimum atomic E-state index is -0.477. The number of hydrogen-bond donors (Lipinski definition) is 3. The molecule has 2 amide bonds. The fourth-order valence-electron chi connectivity index (χ4n) is 2.54. The first-order valence-electron chi connectivity index (χ1n) is 9.61. The van der Waals surface area contributed by atoms with E-state index in [2.05, 4.69) is 16.0 Å². The van der Waals surface area contributed by atoms with Crippen LogP contribution in [-0.4, -0.2) is 43.2 Å². The lowest BCUT2D eigenvalue weighted by molar-refractivity contribution is -0.146. The second kappa shape index (κ2) is 12.4. The van der Waals surface area contributed by atoms with Crippen LogP contribution in [0.1, 0.15) is 28.8 Å². The van der Waals surface area contributed by atoms with Crippen molar-refractivity contribution in [1.29, 1.82) is 0 Å². The van der Waals surface area contributed by atoms with Crippen molar-refractivity contribution in [2.45, 2.75) is 19.8 Å². The number of carbonyl (C=O) groups excluding carboxylic acids is 3. The van der Waals surface area contributed by atoms with E-state index in [1.54, 1.807) is 42.5 Å². The molecule has 0 aliphatic heterocycles. The van der Waals surface area contributed by atoms with Gasteiger partial charge >= 0.3 is 5.97 Å². The van der Waals surface area contributed by atoms with Crippen LogP contribution in [0.25, 0.3) is 0 Å². The maximum absolute atomic E-state index is 12.3. The van der Waals surface area contributed by atoms with E-state index in [0.717, 1.165) is 5.56 Å². The summed E-state index contributed by atoms with van der Waals surface area (Å²) in [6.07, 6.45) is -0.0931. The van der Waals surface area contributed by atoms with E-state index in [0.29, 0.717) is 23.5 Å². The highest BCUT2D eigenvalue weighted by atomic mass is 32.1. The van der Waals surface area contributed by atoms with Crippen LogP contribution in [0.2, 0.25) is 0 Å². The molecule has 3 N–H and O–H groups in total. The fraction of sp³-hybridized carbons (Fsp3) is 0.273. The quantitative estimate of drug-likeness (QED) is 0.311. The maximum Gasteiger partial charge on any atom is 0.306 e. The summed E-state index contributed by atoms with van der Waals surface area (Å²) in [6, 6.07) is 14.2. The zero-order valence-corrected chi connectivity index (χ0v) is 18.2. The number of thiocarbonyl (C=S) groups is 1. The van der Waals surface area contributed by atoms with Crippen molar-refractivity contribution < 1.29 is 23.9 Å². The van der Waals surface area contributed by atoms with E-state index in [-0.39, 0.29) is 30.5 Å². The van der Waals surface area contributed by atoms with Gasteiger partial charge in [-0.3, -0.25) is 14.4 Å². The molecule has 0 bridgehead atoms. The molecule has 0 spiro atoms. The number of hydrogen-bond acceptors (Lipinski definition) is 6. The summed E-state index contributed by atoms with van der Waals surface area (Å²) in [4.78, 5) is 35.7. The SMILES string of the molecule is COCCOC(=O)CCC(=O)NC(=S)Nc1ccc(NC(=O)c2ccccc2)c(C)c1. The summed E-state index contributed by atoms with van der Waals surface area (Å²) in [5.41, 5.74) is 2.71. The van der Waals surface area contributed by atoms with Crippen molar-refractivity contribution in [3.8, 4) is 0 Å². The average molecular weight is 444 g/mol. The molecule has 0 radical (unpaired) electrons. The van der Waals surface area contributed by atoms with Crippen LogP contribution in [0, 0.1) is 6.92 Å². The fourth-order valence-corrected chi connectivity index (χ4v) is 2.78. The molecule has 0 aromatic heterocycles. The first-order chi connectivity index (χ1) is 14.9. The Morgan fingerprint density at radius 1 is 0.968 bits per heavy atom. The van der Waals surface area contributed by atoms with Crippen molar-refractivity contribution in [2.24, 2.45) is 0 Å². The number of esters is 1.